The number of aryl methyl sites for hydroxylation is 1. The van der Waals surface area contributed by atoms with Crippen LogP contribution in [-0.2, 0) is 17.1 Å². The minimum atomic E-state index is -3.61. The molecule has 0 aliphatic rings. The fourth-order valence-corrected chi connectivity index (χ4v) is 3.56. The van der Waals surface area contributed by atoms with Gasteiger partial charge in [-0.15, -0.1) is 6.58 Å². The van der Waals surface area contributed by atoms with E-state index >= 15 is 0 Å². The first-order valence-corrected chi connectivity index (χ1v) is 7.20. The molecule has 1 rings (SSSR count). The molecule has 1 aromatic rings. The van der Waals surface area contributed by atoms with Crippen molar-refractivity contribution in [2.75, 3.05) is 18.8 Å². The molecule has 18 heavy (non-hydrogen) atoms. The van der Waals surface area contributed by atoms with Crippen LogP contribution in [0.4, 0.5) is 5.82 Å². The molecule has 0 aromatic carbocycles. The van der Waals surface area contributed by atoms with Crippen LogP contribution in [0.15, 0.2) is 17.6 Å². The first-order valence-electron chi connectivity index (χ1n) is 5.76. The molecular weight excluding hydrogens is 252 g/mol. The summed E-state index contributed by atoms with van der Waals surface area (Å²) in [5.74, 6) is 0.0418. The molecule has 1 aromatic heterocycles. The highest BCUT2D eigenvalue weighted by molar-refractivity contribution is 7.89. The van der Waals surface area contributed by atoms with Gasteiger partial charge in [0.1, 0.15) is 4.90 Å². The molecular formula is C11H20N4O2S. The van der Waals surface area contributed by atoms with Crippen molar-refractivity contribution in [3.05, 3.63) is 18.3 Å². The van der Waals surface area contributed by atoms with Crippen LogP contribution in [0, 0.1) is 6.92 Å². The van der Waals surface area contributed by atoms with Gasteiger partial charge in [-0.1, -0.05) is 13.0 Å². The van der Waals surface area contributed by atoms with Gasteiger partial charge >= 0.3 is 0 Å². The van der Waals surface area contributed by atoms with Crippen molar-refractivity contribution in [2.24, 2.45) is 7.05 Å². The van der Waals surface area contributed by atoms with Crippen LogP contribution in [0.25, 0.3) is 0 Å². The van der Waals surface area contributed by atoms with Crippen LogP contribution in [0.5, 0.6) is 0 Å². The van der Waals surface area contributed by atoms with Crippen molar-refractivity contribution in [1.82, 2.24) is 14.1 Å². The summed E-state index contributed by atoms with van der Waals surface area (Å²) in [7, 11) is -1.94. The van der Waals surface area contributed by atoms with E-state index in [0.717, 1.165) is 6.42 Å². The number of anilines is 1. The summed E-state index contributed by atoms with van der Waals surface area (Å²) in [5.41, 5.74) is 6.23. The maximum atomic E-state index is 12.5. The molecule has 0 spiro atoms. The molecule has 0 fully saturated rings. The molecule has 102 valence electrons. The Bertz CT molecular complexity index is 533. The fraction of sp³-hybridized carbons (Fsp3) is 0.545. The van der Waals surface area contributed by atoms with Gasteiger partial charge in [0.25, 0.3) is 0 Å². The SMILES string of the molecule is C=CCN(CCC)S(=O)(=O)c1c(N)nn(C)c1C. The topological polar surface area (TPSA) is 81.2 Å². The molecule has 0 saturated carbocycles. The number of rotatable bonds is 6. The molecule has 0 unspecified atom stereocenters. The van der Waals surface area contributed by atoms with E-state index < -0.39 is 10.0 Å². The van der Waals surface area contributed by atoms with Crippen molar-refractivity contribution < 1.29 is 8.42 Å². The van der Waals surface area contributed by atoms with Gasteiger partial charge in [0.15, 0.2) is 5.82 Å². The third-order valence-corrected chi connectivity index (χ3v) is 4.74. The van der Waals surface area contributed by atoms with E-state index in [9.17, 15) is 8.42 Å². The zero-order chi connectivity index (χ0) is 13.9. The van der Waals surface area contributed by atoms with Crippen LogP contribution in [0.1, 0.15) is 19.0 Å². The van der Waals surface area contributed by atoms with Gasteiger partial charge in [-0.25, -0.2) is 8.42 Å². The van der Waals surface area contributed by atoms with E-state index in [0.29, 0.717) is 12.2 Å². The molecule has 0 saturated heterocycles. The Hall–Kier alpha value is -1.34. The van der Waals surface area contributed by atoms with E-state index in [4.69, 9.17) is 5.73 Å². The van der Waals surface area contributed by atoms with E-state index in [1.54, 1.807) is 20.0 Å². The fourth-order valence-electron chi connectivity index (χ4n) is 1.77. The summed E-state index contributed by atoms with van der Waals surface area (Å²) in [4.78, 5) is 0.0975. The highest BCUT2D eigenvalue weighted by atomic mass is 32.2. The monoisotopic (exact) mass is 272 g/mol. The number of nitrogen functional groups attached to an aromatic ring is 1. The molecule has 0 amide bonds. The predicted octanol–water partition coefficient (Wildman–Crippen LogP) is 0.897. The average Bonchev–Trinajstić information content (AvgIpc) is 2.53. The standard InChI is InChI=1S/C11H20N4O2S/c1-5-7-15(8-6-2)18(16,17)10-9(3)14(4)13-11(10)12/h5H,1,6-8H2,2-4H3,(H2,12,13). The number of aromatic nitrogens is 2. The molecule has 7 heteroatoms. The zero-order valence-corrected chi connectivity index (χ0v) is 11.9. The second-order valence-electron chi connectivity index (χ2n) is 4.08. The summed E-state index contributed by atoms with van der Waals surface area (Å²) < 4.78 is 27.9. The maximum Gasteiger partial charge on any atom is 0.248 e. The van der Waals surface area contributed by atoms with Crippen molar-refractivity contribution in [1.29, 1.82) is 0 Å². The van der Waals surface area contributed by atoms with Crippen molar-refractivity contribution >= 4 is 15.8 Å². The maximum absolute atomic E-state index is 12.5. The lowest BCUT2D eigenvalue weighted by Crippen LogP contribution is -2.32. The summed E-state index contributed by atoms with van der Waals surface area (Å²) in [6, 6.07) is 0. The van der Waals surface area contributed by atoms with Gasteiger partial charge < -0.3 is 5.73 Å². The highest BCUT2D eigenvalue weighted by Gasteiger charge is 2.29. The first-order chi connectivity index (χ1) is 8.36. The lowest BCUT2D eigenvalue weighted by atomic mass is 10.4. The quantitative estimate of drug-likeness (QED) is 0.780. The smallest absolute Gasteiger partial charge is 0.248 e. The average molecular weight is 272 g/mol. The lowest BCUT2D eigenvalue weighted by Gasteiger charge is -2.19. The van der Waals surface area contributed by atoms with Gasteiger partial charge in [0.2, 0.25) is 10.0 Å². The molecule has 0 bridgehead atoms. The second kappa shape index (κ2) is 5.53. The number of hydrogen-bond acceptors (Lipinski definition) is 4. The number of hydrogen-bond donors (Lipinski definition) is 1. The molecule has 1 heterocycles. The van der Waals surface area contributed by atoms with Crippen molar-refractivity contribution in [2.45, 2.75) is 25.2 Å². The summed E-state index contributed by atoms with van der Waals surface area (Å²) in [6.45, 7) is 7.89. The van der Waals surface area contributed by atoms with Gasteiger partial charge in [-0.3, -0.25) is 4.68 Å². The summed E-state index contributed by atoms with van der Waals surface area (Å²) >= 11 is 0. The zero-order valence-electron chi connectivity index (χ0n) is 11.0. The molecule has 2 N–H and O–H groups in total. The van der Waals surface area contributed by atoms with E-state index in [1.807, 2.05) is 6.92 Å². The Morgan fingerprint density at radius 1 is 1.56 bits per heavy atom. The van der Waals surface area contributed by atoms with Gasteiger partial charge in [0, 0.05) is 20.1 Å². The Kier molecular flexibility index (Phi) is 4.53. The van der Waals surface area contributed by atoms with E-state index in [1.165, 1.54) is 8.99 Å². The van der Waals surface area contributed by atoms with Crippen LogP contribution < -0.4 is 5.73 Å². The third kappa shape index (κ3) is 2.56. The minimum Gasteiger partial charge on any atom is -0.381 e. The molecule has 0 aliphatic heterocycles. The van der Waals surface area contributed by atoms with Crippen LogP contribution in [0.2, 0.25) is 0 Å². The second-order valence-corrected chi connectivity index (χ2v) is 5.95. The summed E-state index contributed by atoms with van der Waals surface area (Å²) in [6.07, 6.45) is 2.29. The van der Waals surface area contributed by atoms with Gasteiger partial charge in [-0.05, 0) is 13.3 Å². The van der Waals surface area contributed by atoms with Crippen LogP contribution in [0.3, 0.4) is 0 Å². The van der Waals surface area contributed by atoms with Crippen LogP contribution in [-0.4, -0.2) is 35.6 Å². The van der Waals surface area contributed by atoms with E-state index in [2.05, 4.69) is 11.7 Å². The minimum absolute atomic E-state index is 0.0418. The third-order valence-electron chi connectivity index (χ3n) is 2.71. The lowest BCUT2D eigenvalue weighted by molar-refractivity contribution is 0.441. The highest BCUT2D eigenvalue weighted by Crippen LogP contribution is 2.25. The van der Waals surface area contributed by atoms with Crippen molar-refractivity contribution in [3.63, 3.8) is 0 Å². The number of nitrogens with two attached hydrogens (primary N) is 1. The van der Waals surface area contributed by atoms with Crippen molar-refractivity contribution in [3.8, 4) is 0 Å². The van der Waals surface area contributed by atoms with E-state index in [-0.39, 0.29) is 17.3 Å². The Morgan fingerprint density at radius 2 is 2.17 bits per heavy atom. The molecule has 0 atom stereocenters. The Labute approximate surface area is 108 Å². The largest absolute Gasteiger partial charge is 0.381 e. The number of nitrogens with zero attached hydrogens (tertiary/aromatic N) is 3. The Morgan fingerprint density at radius 3 is 2.56 bits per heavy atom. The normalized spacial score (nSPS) is 12.0. The Balaban J connectivity index is 3.30. The molecule has 6 nitrogen and oxygen atoms in total. The van der Waals surface area contributed by atoms with Gasteiger partial charge in [0.05, 0.1) is 5.69 Å². The molecule has 0 radical (unpaired) electrons. The van der Waals surface area contributed by atoms with Gasteiger partial charge in [-0.2, -0.15) is 9.40 Å². The summed E-state index contributed by atoms with van der Waals surface area (Å²) in [5, 5.41) is 3.94. The molecule has 0 aliphatic carbocycles. The number of sulfonamides is 1. The first kappa shape index (κ1) is 14.7. The predicted molar refractivity (Wildman–Crippen MR) is 71.6 cm³/mol. The van der Waals surface area contributed by atoms with Crippen LogP contribution >= 0.6 is 0 Å².